The molecule has 82 valence electrons. The molecule has 2 aromatic rings. The summed E-state index contributed by atoms with van der Waals surface area (Å²) in [5.74, 6) is 0. The van der Waals surface area contributed by atoms with Crippen LogP contribution in [0.4, 0.5) is 0 Å². The Labute approximate surface area is 99.3 Å². The van der Waals surface area contributed by atoms with Crippen molar-refractivity contribution in [1.29, 1.82) is 0 Å². The van der Waals surface area contributed by atoms with Crippen molar-refractivity contribution in [1.82, 2.24) is 9.97 Å². The molecule has 0 aliphatic heterocycles. The highest BCUT2D eigenvalue weighted by atomic mass is 35.5. The first kappa shape index (κ1) is 9.91. The Balaban J connectivity index is 2.24. The van der Waals surface area contributed by atoms with E-state index in [0.29, 0.717) is 0 Å². The molecule has 0 fully saturated rings. The van der Waals surface area contributed by atoms with Crippen LogP contribution in [0.3, 0.4) is 0 Å². The van der Waals surface area contributed by atoms with E-state index in [1.807, 2.05) is 6.20 Å². The number of aromatic amines is 1. The highest BCUT2D eigenvalue weighted by Crippen LogP contribution is 2.35. The van der Waals surface area contributed by atoms with Gasteiger partial charge in [0.15, 0.2) is 0 Å². The highest BCUT2D eigenvalue weighted by molar-refractivity contribution is 6.33. The molecular formula is C13H13ClN2. The van der Waals surface area contributed by atoms with Crippen LogP contribution in [0.5, 0.6) is 0 Å². The average Bonchev–Trinajstić information content (AvgIpc) is 2.78. The molecule has 0 saturated carbocycles. The largest absolute Gasteiger partial charge is 0.346 e. The van der Waals surface area contributed by atoms with Gasteiger partial charge < -0.3 is 4.98 Å². The Morgan fingerprint density at radius 3 is 3.06 bits per heavy atom. The molecule has 0 saturated heterocycles. The number of allylic oxidation sites excluding steroid dienone is 2. The van der Waals surface area contributed by atoms with Gasteiger partial charge in [-0.25, -0.2) is 4.98 Å². The van der Waals surface area contributed by atoms with E-state index < -0.39 is 0 Å². The van der Waals surface area contributed by atoms with Crippen LogP contribution in [0.1, 0.15) is 31.2 Å². The zero-order chi connectivity index (χ0) is 11.0. The Kier molecular flexibility index (Phi) is 2.44. The maximum Gasteiger partial charge on any atom is 0.137 e. The summed E-state index contributed by atoms with van der Waals surface area (Å²) in [7, 11) is 0. The molecule has 2 heterocycles. The number of hydrogen-bond acceptors (Lipinski definition) is 1. The molecule has 1 aliphatic rings. The van der Waals surface area contributed by atoms with Gasteiger partial charge in [-0.3, -0.25) is 0 Å². The van der Waals surface area contributed by atoms with E-state index in [9.17, 15) is 0 Å². The summed E-state index contributed by atoms with van der Waals surface area (Å²) in [6.07, 6.45) is 10.8. The number of pyridine rings is 1. The summed E-state index contributed by atoms with van der Waals surface area (Å²) < 4.78 is 0. The number of aromatic nitrogens is 2. The van der Waals surface area contributed by atoms with E-state index in [1.54, 1.807) is 6.20 Å². The van der Waals surface area contributed by atoms with E-state index in [0.717, 1.165) is 22.5 Å². The number of rotatable bonds is 1. The van der Waals surface area contributed by atoms with Crippen LogP contribution in [0.2, 0.25) is 5.02 Å². The summed E-state index contributed by atoms with van der Waals surface area (Å²) in [6, 6.07) is 2.05. The molecular weight excluding hydrogens is 220 g/mol. The van der Waals surface area contributed by atoms with Crippen molar-refractivity contribution in [3.8, 4) is 0 Å². The lowest BCUT2D eigenvalue weighted by molar-refractivity contribution is 0.742. The minimum Gasteiger partial charge on any atom is -0.346 e. The lowest BCUT2D eigenvalue weighted by atomic mass is 9.93. The molecule has 0 spiro atoms. The smallest absolute Gasteiger partial charge is 0.137 e. The van der Waals surface area contributed by atoms with Crippen molar-refractivity contribution in [3.05, 3.63) is 35.1 Å². The second-order valence-electron chi connectivity index (χ2n) is 4.20. The maximum absolute atomic E-state index is 6.28. The third-order valence-corrected chi connectivity index (χ3v) is 3.44. The first-order valence-corrected chi connectivity index (χ1v) is 6.05. The van der Waals surface area contributed by atoms with Crippen LogP contribution < -0.4 is 0 Å². The Bertz CT molecular complexity index is 554. The van der Waals surface area contributed by atoms with Crippen LogP contribution >= 0.6 is 11.6 Å². The van der Waals surface area contributed by atoms with Gasteiger partial charge in [0.25, 0.3) is 0 Å². The van der Waals surface area contributed by atoms with Crippen molar-refractivity contribution in [3.63, 3.8) is 0 Å². The molecule has 0 aromatic carbocycles. The third kappa shape index (κ3) is 1.54. The fraction of sp³-hybridized carbons (Fsp3) is 0.308. The van der Waals surface area contributed by atoms with Gasteiger partial charge in [-0.2, -0.15) is 0 Å². The van der Waals surface area contributed by atoms with Gasteiger partial charge in [0.2, 0.25) is 0 Å². The van der Waals surface area contributed by atoms with Gasteiger partial charge >= 0.3 is 0 Å². The topological polar surface area (TPSA) is 28.7 Å². The predicted octanol–water partition coefficient (Wildman–Crippen LogP) is 4.17. The van der Waals surface area contributed by atoms with Gasteiger partial charge in [-0.05, 0) is 37.3 Å². The fourth-order valence-electron chi connectivity index (χ4n) is 2.38. The molecule has 0 bridgehead atoms. The predicted molar refractivity (Wildman–Crippen MR) is 67.5 cm³/mol. The van der Waals surface area contributed by atoms with Crippen molar-refractivity contribution in [2.75, 3.05) is 0 Å². The SMILES string of the molecule is Clc1cnc2[nH]ccc2c1C1=CCCCC1. The number of nitrogens with one attached hydrogen (secondary N) is 1. The van der Waals surface area contributed by atoms with E-state index in [-0.39, 0.29) is 0 Å². The molecule has 1 N–H and O–H groups in total. The molecule has 3 rings (SSSR count). The number of hydrogen-bond donors (Lipinski definition) is 1. The summed E-state index contributed by atoms with van der Waals surface area (Å²) in [5.41, 5.74) is 3.47. The summed E-state index contributed by atoms with van der Waals surface area (Å²) >= 11 is 6.28. The van der Waals surface area contributed by atoms with Crippen molar-refractivity contribution in [2.24, 2.45) is 0 Å². The maximum atomic E-state index is 6.28. The number of nitrogens with zero attached hydrogens (tertiary/aromatic N) is 1. The minimum absolute atomic E-state index is 0.764. The minimum atomic E-state index is 0.764. The lowest BCUT2D eigenvalue weighted by Crippen LogP contribution is -1.94. The second-order valence-corrected chi connectivity index (χ2v) is 4.60. The normalized spacial score (nSPS) is 16.4. The van der Waals surface area contributed by atoms with Crippen molar-refractivity contribution >= 4 is 28.2 Å². The van der Waals surface area contributed by atoms with Crippen LogP contribution in [0.15, 0.2) is 24.5 Å². The molecule has 0 radical (unpaired) electrons. The fourth-order valence-corrected chi connectivity index (χ4v) is 2.65. The van der Waals surface area contributed by atoms with Crippen molar-refractivity contribution in [2.45, 2.75) is 25.7 Å². The average molecular weight is 233 g/mol. The lowest BCUT2D eigenvalue weighted by Gasteiger charge is -2.14. The molecule has 0 unspecified atom stereocenters. The zero-order valence-electron chi connectivity index (χ0n) is 8.96. The van der Waals surface area contributed by atoms with E-state index in [4.69, 9.17) is 11.6 Å². The van der Waals surface area contributed by atoms with Gasteiger partial charge in [0.1, 0.15) is 5.65 Å². The van der Waals surface area contributed by atoms with Crippen LogP contribution in [-0.2, 0) is 0 Å². The quantitative estimate of drug-likeness (QED) is 0.785. The molecule has 16 heavy (non-hydrogen) atoms. The Morgan fingerprint density at radius 2 is 2.25 bits per heavy atom. The van der Waals surface area contributed by atoms with Gasteiger partial charge in [-0.1, -0.05) is 17.7 Å². The zero-order valence-corrected chi connectivity index (χ0v) is 9.72. The molecule has 1 aliphatic carbocycles. The van der Waals surface area contributed by atoms with Crippen LogP contribution in [-0.4, -0.2) is 9.97 Å². The summed E-state index contributed by atoms with van der Waals surface area (Å²) in [4.78, 5) is 7.41. The van der Waals surface area contributed by atoms with Crippen molar-refractivity contribution < 1.29 is 0 Å². The van der Waals surface area contributed by atoms with E-state index >= 15 is 0 Å². The standard InChI is InChI=1S/C13H13ClN2/c14-11-8-16-13-10(6-7-15-13)12(11)9-4-2-1-3-5-9/h4,6-8H,1-3,5H2,(H,15,16). The second kappa shape index (κ2) is 3.95. The van der Waals surface area contributed by atoms with Gasteiger partial charge in [-0.15, -0.1) is 0 Å². The van der Waals surface area contributed by atoms with Gasteiger partial charge in [0, 0.05) is 23.3 Å². The number of fused-ring (bicyclic) bond motifs is 1. The highest BCUT2D eigenvalue weighted by Gasteiger charge is 2.14. The number of halogens is 1. The monoisotopic (exact) mass is 232 g/mol. The summed E-state index contributed by atoms with van der Waals surface area (Å²) in [5, 5.41) is 1.90. The van der Waals surface area contributed by atoms with E-state index in [1.165, 1.54) is 30.4 Å². The molecule has 0 amide bonds. The number of H-pyrrole nitrogens is 1. The van der Waals surface area contributed by atoms with Gasteiger partial charge in [0.05, 0.1) is 5.02 Å². The molecule has 0 atom stereocenters. The first-order valence-electron chi connectivity index (χ1n) is 5.67. The van der Waals surface area contributed by atoms with Crippen LogP contribution in [0.25, 0.3) is 16.6 Å². The van der Waals surface area contributed by atoms with Crippen LogP contribution in [0, 0.1) is 0 Å². The third-order valence-electron chi connectivity index (χ3n) is 3.15. The first-order chi connectivity index (χ1) is 7.86. The molecule has 3 heteroatoms. The Hall–Kier alpha value is -1.28. The Morgan fingerprint density at radius 1 is 1.31 bits per heavy atom. The molecule has 2 aromatic heterocycles. The summed E-state index contributed by atoms with van der Waals surface area (Å²) in [6.45, 7) is 0. The molecule has 2 nitrogen and oxygen atoms in total. The van der Waals surface area contributed by atoms with E-state index in [2.05, 4.69) is 22.1 Å².